The minimum absolute atomic E-state index is 0.161. The molecule has 1 aromatic rings. The zero-order chi connectivity index (χ0) is 12.2. The van der Waals surface area contributed by atoms with Crippen LogP contribution in [0.2, 0.25) is 0 Å². The van der Waals surface area contributed by atoms with Gasteiger partial charge in [-0.05, 0) is 24.6 Å². The van der Waals surface area contributed by atoms with E-state index in [1.165, 1.54) is 0 Å². The number of benzene rings is 1. The van der Waals surface area contributed by atoms with Gasteiger partial charge in [0.05, 0.1) is 13.0 Å². The number of hydrogen-bond donors (Lipinski definition) is 1. The van der Waals surface area contributed by atoms with Crippen LogP contribution in [0.15, 0.2) is 24.3 Å². The monoisotopic (exact) mass is 233 g/mol. The number of rotatable bonds is 4. The van der Waals surface area contributed by atoms with E-state index in [1.807, 2.05) is 0 Å². The third kappa shape index (κ3) is 4.53. The Morgan fingerprint density at radius 2 is 2.06 bits per heavy atom. The molecule has 2 nitrogen and oxygen atoms in total. The van der Waals surface area contributed by atoms with Gasteiger partial charge in [-0.1, -0.05) is 12.1 Å². The van der Waals surface area contributed by atoms with Crippen LogP contribution >= 0.6 is 0 Å². The van der Waals surface area contributed by atoms with Crippen LogP contribution in [0.5, 0.6) is 5.75 Å². The fraction of sp³-hybridized carbons (Fsp3) is 0.455. The fourth-order valence-corrected chi connectivity index (χ4v) is 1.17. The predicted molar refractivity (Wildman–Crippen MR) is 55.2 cm³/mol. The van der Waals surface area contributed by atoms with Gasteiger partial charge in [0, 0.05) is 6.04 Å². The molecule has 0 aliphatic carbocycles. The van der Waals surface area contributed by atoms with Crippen LogP contribution in [0.1, 0.15) is 24.9 Å². The van der Waals surface area contributed by atoms with Crippen LogP contribution in [0.4, 0.5) is 13.2 Å². The molecule has 90 valence electrons. The Bertz CT molecular complexity index is 336. The quantitative estimate of drug-likeness (QED) is 0.867. The molecule has 5 heteroatoms. The Balaban J connectivity index is 2.51. The Kier molecular flexibility index (Phi) is 4.18. The van der Waals surface area contributed by atoms with Crippen LogP contribution in [0.3, 0.4) is 0 Å². The van der Waals surface area contributed by atoms with E-state index in [4.69, 9.17) is 10.5 Å². The van der Waals surface area contributed by atoms with Crippen molar-refractivity contribution in [2.45, 2.75) is 25.6 Å². The van der Waals surface area contributed by atoms with Gasteiger partial charge < -0.3 is 10.5 Å². The van der Waals surface area contributed by atoms with Crippen LogP contribution in [0.25, 0.3) is 0 Å². The maximum Gasteiger partial charge on any atom is 0.392 e. The molecule has 0 spiro atoms. The van der Waals surface area contributed by atoms with Crippen molar-refractivity contribution >= 4 is 0 Å². The molecular formula is C11H14F3NO. The Hall–Kier alpha value is -1.23. The van der Waals surface area contributed by atoms with E-state index in [-0.39, 0.29) is 12.6 Å². The van der Waals surface area contributed by atoms with E-state index >= 15 is 0 Å². The molecule has 0 bridgehead atoms. The van der Waals surface area contributed by atoms with Gasteiger partial charge in [0.15, 0.2) is 0 Å². The molecule has 0 fully saturated rings. The highest BCUT2D eigenvalue weighted by molar-refractivity contribution is 5.30. The minimum atomic E-state index is -4.18. The van der Waals surface area contributed by atoms with Crippen molar-refractivity contribution in [3.63, 3.8) is 0 Å². The first-order chi connectivity index (χ1) is 7.38. The summed E-state index contributed by atoms with van der Waals surface area (Å²) >= 11 is 0. The zero-order valence-electron chi connectivity index (χ0n) is 8.92. The van der Waals surface area contributed by atoms with E-state index in [1.54, 1.807) is 31.2 Å². The molecule has 16 heavy (non-hydrogen) atoms. The molecule has 0 unspecified atom stereocenters. The molecule has 2 N–H and O–H groups in total. The first-order valence-corrected chi connectivity index (χ1v) is 4.93. The van der Waals surface area contributed by atoms with Crippen LogP contribution < -0.4 is 10.5 Å². The van der Waals surface area contributed by atoms with Gasteiger partial charge in [-0.2, -0.15) is 13.2 Å². The molecule has 1 aromatic carbocycles. The summed E-state index contributed by atoms with van der Waals surface area (Å²) in [6.45, 7) is 1.43. The summed E-state index contributed by atoms with van der Waals surface area (Å²) in [7, 11) is 0. The van der Waals surface area contributed by atoms with Crippen molar-refractivity contribution in [2.75, 3.05) is 6.61 Å². The molecule has 1 atom stereocenters. The lowest BCUT2D eigenvalue weighted by Crippen LogP contribution is -2.13. The van der Waals surface area contributed by atoms with E-state index in [9.17, 15) is 13.2 Å². The maximum atomic E-state index is 11.9. The van der Waals surface area contributed by atoms with Gasteiger partial charge in [0.25, 0.3) is 0 Å². The number of hydrogen-bond acceptors (Lipinski definition) is 2. The minimum Gasteiger partial charge on any atom is -0.493 e. The lowest BCUT2D eigenvalue weighted by atomic mass is 10.1. The molecule has 1 rings (SSSR count). The SMILES string of the molecule is C[C@@H](N)c1cccc(OCCC(F)(F)F)c1. The van der Waals surface area contributed by atoms with Gasteiger partial charge in [0.2, 0.25) is 0 Å². The Labute approximate surface area is 92.2 Å². The predicted octanol–water partition coefficient (Wildman–Crippen LogP) is 3.04. The molecule has 0 aliphatic heterocycles. The van der Waals surface area contributed by atoms with Crippen molar-refractivity contribution in [3.05, 3.63) is 29.8 Å². The third-order valence-electron chi connectivity index (χ3n) is 2.04. The van der Waals surface area contributed by atoms with Gasteiger partial charge in [-0.15, -0.1) is 0 Å². The molecule has 0 aromatic heterocycles. The molecule has 0 saturated carbocycles. The van der Waals surface area contributed by atoms with Gasteiger partial charge in [-0.3, -0.25) is 0 Å². The summed E-state index contributed by atoms with van der Waals surface area (Å²) < 4.78 is 40.6. The average molecular weight is 233 g/mol. The molecular weight excluding hydrogens is 219 g/mol. The normalized spacial score (nSPS) is 13.6. The maximum absolute atomic E-state index is 11.9. The second kappa shape index (κ2) is 5.21. The highest BCUT2D eigenvalue weighted by Gasteiger charge is 2.26. The average Bonchev–Trinajstić information content (AvgIpc) is 2.16. The number of alkyl halides is 3. The van der Waals surface area contributed by atoms with Crippen LogP contribution in [-0.4, -0.2) is 12.8 Å². The number of ether oxygens (including phenoxy) is 1. The zero-order valence-corrected chi connectivity index (χ0v) is 8.92. The smallest absolute Gasteiger partial charge is 0.392 e. The van der Waals surface area contributed by atoms with E-state index < -0.39 is 12.6 Å². The largest absolute Gasteiger partial charge is 0.493 e. The van der Waals surface area contributed by atoms with Gasteiger partial charge >= 0.3 is 6.18 Å². The Morgan fingerprint density at radius 1 is 1.38 bits per heavy atom. The molecule has 0 saturated heterocycles. The highest BCUT2D eigenvalue weighted by Crippen LogP contribution is 2.21. The van der Waals surface area contributed by atoms with Crippen molar-refractivity contribution in [3.8, 4) is 5.75 Å². The number of nitrogens with two attached hydrogens (primary N) is 1. The van der Waals surface area contributed by atoms with Gasteiger partial charge in [0.1, 0.15) is 5.75 Å². The van der Waals surface area contributed by atoms with Crippen molar-refractivity contribution in [2.24, 2.45) is 5.73 Å². The molecule has 0 aliphatic rings. The number of halogens is 3. The second-order valence-electron chi connectivity index (χ2n) is 3.57. The molecule has 0 radical (unpaired) electrons. The summed E-state index contributed by atoms with van der Waals surface area (Å²) in [6, 6.07) is 6.62. The summed E-state index contributed by atoms with van der Waals surface area (Å²) in [6.07, 6.45) is -5.13. The topological polar surface area (TPSA) is 35.2 Å². The lowest BCUT2D eigenvalue weighted by molar-refractivity contribution is -0.139. The lowest BCUT2D eigenvalue weighted by Gasteiger charge is -2.11. The van der Waals surface area contributed by atoms with Crippen molar-refractivity contribution < 1.29 is 17.9 Å². The summed E-state index contributed by atoms with van der Waals surface area (Å²) in [4.78, 5) is 0. The van der Waals surface area contributed by atoms with E-state index in [0.29, 0.717) is 5.75 Å². The first-order valence-electron chi connectivity index (χ1n) is 4.93. The van der Waals surface area contributed by atoms with Crippen LogP contribution in [-0.2, 0) is 0 Å². The van der Waals surface area contributed by atoms with Crippen molar-refractivity contribution in [1.29, 1.82) is 0 Å². The summed E-state index contributed by atoms with van der Waals surface area (Å²) in [5, 5.41) is 0. The molecule has 0 heterocycles. The fourth-order valence-electron chi connectivity index (χ4n) is 1.17. The van der Waals surface area contributed by atoms with Gasteiger partial charge in [-0.25, -0.2) is 0 Å². The van der Waals surface area contributed by atoms with Crippen molar-refractivity contribution in [1.82, 2.24) is 0 Å². The van der Waals surface area contributed by atoms with E-state index in [0.717, 1.165) is 5.56 Å². The van der Waals surface area contributed by atoms with Crippen LogP contribution in [0, 0.1) is 0 Å². The second-order valence-corrected chi connectivity index (χ2v) is 3.57. The summed E-state index contributed by atoms with van der Waals surface area (Å²) in [5.41, 5.74) is 6.48. The summed E-state index contributed by atoms with van der Waals surface area (Å²) in [5.74, 6) is 0.416. The molecule has 0 amide bonds. The first kappa shape index (κ1) is 12.8. The van der Waals surface area contributed by atoms with E-state index in [2.05, 4.69) is 0 Å². The standard InChI is InChI=1S/C11H14F3NO/c1-8(15)9-3-2-4-10(7-9)16-6-5-11(12,13)14/h2-4,7-8H,5-6,15H2,1H3/t8-/m1/s1. The third-order valence-corrected chi connectivity index (χ3v) is 2.04. The highest BCUT2D eigenvalue weighted by atomic mass is 19.4. The Morgan fingerprint density at radius 3 is 2.62 bits per heavy atom.